The predicted molar refractivity (Wildman–Crippen MR) is 66.0 cm³/mol. The fraction of sp³-hybridized carbons (Fsp3) is 0. The number of carbonyl (C=O) groups excluding carboxylic acids is 1. The highest BCUT2D eigenvalue weighted by molar-refractivity contribution is 6.29. The van der Waals surface area contributed by atoms with Crippen LogP contribution in [0, 0.1) is 0 Å². The Morgan fingerprint density at radius 3 is 2.56 bits per heavy atom. The van der Waals surface area contributed by atoms with Crippen LogP contribution in [0.4, 0.5) is 5.69 Å². The van der Waals surface area contributed by atoms with Crippen molar-refractivity contribution < 1.29 is 14.3 Å². The Labute approximate surface area is 107 Å². The van der Waals surface area contributed by atoms with E-state index in [0.29, 0.717) is 5.69 Å². The summed E-state index contributed by atoms with van der Waals surface area (Å²) in [5.74, 6) is -1.28. The maximum Gasteiger partial charge on any atom is 0.353 e. The summed E-state index contributed by atoms with van der Waals surface area (Å²) in [6.45, 7) is 0. The predicted octanol–water partition coefficient (Wildman–Crippen LogP) is 2.25. The van der Waals surface area contributed by atoms with Gasteiger partial charge in [0.2, 0.25) is 5.22 Å². The fourth-order valence-corrected chi connectivity index (χ4v) is 1.55. The first kappa shape index (κ1) is 12.2. The van der Waals surface area contributed by atoms with E-state index in [0.717, 1.165) is 6.07 Å². The zero-order valence-electron chi connectivity index (χ0n) is 9.01. The molecular formula is C12H8ClNO4. The Hall–Kier alpha value is -2.27. The summed E-state index contributed by atoms with van der Waals surface area (Å²) in [4.78, 5) is 23.2. The maximum atomic E-state index is 11.8. The van der Waals surface area contributed by atoms with E-state index < -0.39 is 22.8 Å². The lowest BCUT2D eigenvalue weighted by Gasteiger charge is -2.05. The molecule has 92 valence electrons. The van der Waals surface area contributed by atoms with E-state index in [-0.39, 0.29) is 5.22 Å². The number of rotatable bonds is 2. The van der Waals surface area contributed by atoms with Crippen molar-refractivity contribution in [3.05, 3.63) is 57.6 Å². The van der Waals surface area contributed by atoms with Crippen LogP contribution in [0.2, 0.25) is 5.22 Å². The molecule has 2 N–H and O–H groups in total. The van der Waals surface area contributed by atoms with Crippen molar-refractivity contribution in [1.82, 2.24) is 0 Å². The van der Waals surface area contributed by atoms with Crippen molar-refractivity contribution in [2.45, 2.75) is 0 Å². The summed E-state index contributed by atoms with van der Waals surface area (Å²) in [6.07, 6.45) is 0. The van der Waals surface area contributed by atoms with E-state index in [1.54, 1.807) is 30.3 Å². The Kier molecular flexibility index (Phi) is 3.34. The first-order chi connectivity index (χ1) is 8.58. The molecule has 0 unspecified atom stereocenters. The zero-order valence-corrected chi connectivity index (χ0v) is 9.77. The van der Waals surface area contributed by atoms with Gasteiger partial charge in [-0.1, -0.05) is 18.2 Å². The van der Waals surface area contributed by atoms with Gasteiger partial charge < -0.3 is 14.8 Å². The molecule has 2 rings (SSSR count). The van der Waals surface area contributed by atoms with Crippen LogP contribution in [0.25, 0.3) is 0 Å². The van der Waals surface area contributed by atoms with Gasteiger partial charge >= 0.3 is 5.63 Å². The van der Waals surface area contributed by atoms with Gasteiger partial charge in [0.25, 0.3) is 5.91 Å². The number of halogens is 1. The third-order valence-corrected chi connectivity index (χ3v) is 2.35. The molecule has 1 heterocycles. The summed E-state index contributed by atoms with van der Waals surface area (Å²) in [7, 11) is 0. The third kappa shape index (κ3) is 2.52. The Bertz CT molecular complexity index is 636. The maximum absolute atomic E-state index is 11.8. The molecule has 0 fully saturated rings. The normalized spacial score (nSPS) is 10.1. The molecule has 1 aromatic carbocycles. The van der Waals surface area contributed by atoms with E-state index in [1.807, 2.05) is 0 Å². The molecule has 6 heteroatoms. The topological polar surface area (TPSA) is 79.5 Å². The number of anilines is 1. The van der Waals surface area contributed by atoms with E-state index in [4.69, 9.17) is 11.6 Å². The van der Waals surface area contributed by atoms with Gasteiger partial charge in [-0.3, -0.25) is 4.79 Å². The van der Waals surface area contributed by atoms with Crippen LogP contribution in [0.3, 0.4) is 0 Å². The molecule has 0 radical (unpaired) electrons. The van der Waals surface area contributed by atoms with Gasteiger partial charge in [-0.2, -0.15) is 0 Å². The number of hydrogen-bond donors (Lipinski definition) is 2. The molecule has 5 nitrogen and oxygen atoms in total. The summed E-state index contributed by atoms with van der Waals surface area (Å²) >= 11 is 5.43. The monoisotopic (exact) mass is 265 g/mol. The lowest BCUT2D eigenvalue weighted by Crippen LogP contribution is -2.20. The molecule has 1 aromatic heterocycles. The average molecular weight is 266 g/mol. The quantitative estimate of drug-likeness (QED) is 0.873. The minimum absolute atomic E-state index is 0.284. The minimum atomic E-state index is -0.992. The second-order valence-electron chi connectivity index (χ2n) is 3.42. The molecule has 0 bridgehead atoms. The number of carbonyl (C=O) groups is 1. The molecule has 0 atom stereocenters. The number of aromatic hydroxyl groups is 1. The molecule has 1 amide bonds. The number of para-hydroxylation sites is 1. The van der Waals surface area contributed by atoms with E-state index in [2.05, 4.69) is 9.73 Å². The fourth-order valence-electron chi connectivity index (χ4n) is 1.38. The number of benzene rings is 1. The third-order valence-electron chi connectivity index (χ3n) is 2.16. The van der Waals surface area contributed by atoms with Crippen LogP contribution in [0.15, 0.2) is 45.6 Å². The first-order valence-electron chi connectivity index (χ1n) is 4.97. The Morgan fingerprint density at radius 1 is 1.28 bits per heavy atom. The molecular weight excluding hydrogens is 258 g/mol. The minimum Gasteiger partial charge on any atom is -0.507 e. The van der Waals surface area contributed by atoms with Gasteiger partial charge in [-0.05, 0) is 23.7 Å². The Balaban J connectivity index is 2.33. The number of hydrogen-bond acceptors (Lipinski definition) is 4. The number of amides is 1. The van der Waals surface area contributed by atoms with E-state index in [9.17, 15) is 14.7 Å². The van der Waals surface area contributed by atoms with E-state index in [1.165, 1.54) is 0 Å². The number of nitrogens with one attached hydrogen (secondary N) is 1. The molecule has 0 spiro atoms. The summed E-state index contributed by atoms with van der Waals surface area (Å²) < 4.78 is 4.54. The van der Waals surface area contributed by atoms with Crippen molar-refractivity contribution >= 4 is 23.2 Å². The highest BCUT2D eigenvalue weighted by atomic mass is 35.5. The van der Waals surface area contributed by atoms with Gasteiger partial charge in [0.05, 0.1) is 0 Å². The van der Waals surface area contributed by atoms with Crippen LogP contribution in [-0.2, 0) is 0 Å². The van der Waals surface area contributed by atoms with Gasteiger partial charge in [-0.15, -0.1) is 0 Å². The van der Waals surface area contributed by atoms with Crippen molar-refractivity contribution in [2.24, 2.45) is 0 Å². The highest BCUT2D eigenvalue weighted by Crippen LogP contribution is 2.19. The highest BCUT2D eigenvalue weighted by Gasteiger charge is 2.18. The van der Waals surface area contributed by atoms with Gasteiger partial charge in [0, 0.05) is 11.8 Å². The standard InChI is InChI=1S/C12H8ClNO4/c13-9-6-8(15)10(12(17)18-9)11(16)14-7-4-2-1-3-5-7/h1-6,15H,(H,14,16). The summed E-state index contributed by atoms with van der Waals surface area (Å²) in [5.41, 5.74) is -0.979. The first-order valence-corrected chi connectivity index (χ1v) is 5.35. The second-order valence-corrected chi connectivity index (χ2v) is 3.79. The molecule has 0 aliphatic heterocycles. The van der Waals surface area contributed by atoms with Gasteiger partial charge in [0.1, 0.15) is 5.75 Å². The summed E-state index contributed by atoms with van der Waals surface area (Å²) in [5, 5.41) is 11.7. The molecule has 0 saturated carbocycles. The molecule has 2 aromatic rings. The smallest absolute Gasteiger partial charge is 0.353 e. The van der Waals surface area contributed by atoms with Crippen LogP contribution in [-0.4, -0.2) is 11.0 Å². The van der Waals surface area contributed by atoms with Crippen molar-refractivity contribution in [2.75, 3.05) is 5.32 Å². The van der Waals surface area contributed by atoms with Crippen LogP contribution in [0.5, 0.6) is 5.75 Å². The SMILES string of the molecule is O=C(Nc1ccccc1)c1c(O)cc(Cl)oc1=O. The van der Waals surface area contributed by atoms with Gasteiger partial charge in [0.15, 0.2) is 5.56 Å². The largest absolute Gasteiger partial charge is 0.507 e. The van der Waals surface area contributed by atoms with Crippen LogP contribution in [0.1, 0.15) is 10.4 Å². The van der Waals surface area contributed by atoms with Crippen LogP contribution < -0.4 is 10.9 Å². The molecule has 0 saturated heterocycles. The lowest BCUT2D eigenvalue weighted by molar-refractivity contribution is 0.102. The van der Waals surface area contributed by atoms with Crippen molar-refractivity contribution in [3.8, 4) is 5.75 Å². The second kappa shape index (κ2) is 4.93. The van der Waals surface area contributed by atoms with E-state index >= 15 is 0 Å². The lowest BCUT2D eigenvalue weighted by atomic mass is 10.2. The van der Waals surface area contributed by atoms with Gasteiger partial charge in [-0.25, -0.2) is 4.79 Å². The Morgan fingerprint density at radius 2 is 1.94 bits per heavy atom. The van der Waals surface area contributed by atoms with Crippen LogP contribution >= 0.6 is 11.6 Å². The average Bonchev–Trinajstić information content (AvgIpc) is 2.28. The van der Waals surface area contributed by atoms with Crippen molar-refractivity contribution in [1.29, 1.82) is 0 Å². The zero-order chi connectivity index (χ0) is 13.1. The molecule has 0 aliphatic rings. The molecule has 0 aliphatic carbocycles. The van der Waals surface area contributed by atoms with Crippen molar-refractivity contribution in [3.63, 3.8) is 0 Å². The molecule has 18 heavy (non-hydrogen) atoms. The summed E-state index contributed by atoms with van der Waals surface area (Å²) in [6, 6.07) is 9.51.